The fraction of sp³-hybridized carbons (Fsp3) is 0.588. The number of hydrogen-bond donors (Lipinski definition) is 1. The van der Waals surface area contributed by atoms with Gasteiger partial charge >= 0.3 is 0 Å². The molecule has 2 aromatic heterocycles. The number of aryl methyl sites for hydroxylation is 1. The van der Waals surface area contributed by atoms with Gasteiger partial charge in [0, 0.05) is 38.3 Å². The van der Waals surface area contributed by atoms with Gasteiger partial charge in [0.1, 0.15) is 0 Å². The number of ether oxygens (including phenoxy) is 1. The molecular weight excluding hydrogens is 322 g/mol. The number of morpholine rings is 1. The third-order valence-corrected chi connectivity index (χ3v) is 4.97. The van der Waals surface area contributed by atoms with Gasteiger partial charge in [-0.2, -0.15) is 0 Å². The fourth-order valence-electron chi connectivity index (χ4n) is 3.35. The van der Waals surface area contributed by atoms with E-state index in [4.69, 9.17) is 9.26 Å². The van der Waals surface area contributed by atoms with E-state index in [-0.39, 0.29) is 23.8 Å². The maximum absolute atomic E-state index is 12.4. The lowest BCUT2D eigenvalue weighted by Gasteiger charge is -2.39. The van der Waals surface area contributed by atoms with Crippen LogP contribution >= 0.6 is 0 Å². The van der Waals surface area contributed by atoms with Crippen LogP contribution in [0.15, 0.2) is 23.1 Å². The normalized spacial score (nSPS) is 24.4. The molecule has 4 rings (SSSR count). The zero-order chi connectivity index (χ0) is 17.4. The molecule has 3 heterocycles. The highest BCUT2D eigenvalue weighted by Crippen LogP contribution is 2.39. The summed E-state index contributed by atoms with van der Waals surface area (Å²) in [6.45, 7) is 1.88. The summed E-state index contributed by atoms with van der Waals surface area (Å²) in [4.78, 5) is 18.8. The highest BCUT2D eigenvalue weighted by atomic mass is 16.5. The van der Waals surface area contributed by atoms with Crippen LogP contribution in [-0.4, -0.2) is 58.4 Å². The third-order valence-electron chi connectivity index (χ3n) is 4.97. The smallest absolute Gasteiger partial charge is 0.289 e. The summed E-state index contributed by atoms with van der Waals surface area (Å²) in [5, 5.41) is 6.91. The maximum atomic E-state index is 12.4. The molecule has 2 fully saturated rings. The first kappa shape index (κ1) is 16.3. The van der Waals surface area contributed by atoms with Crippen molar-refractivity contribution in [3.05, 3.63) is 35.7 Å². The number of nitrogens with one attached hydrogen (secondary N) is 1. The highest BCUT2D eigenvalue weighted by Gasteiger charge is 2.34. The van der Waals surface area contributed by atoms with Gasteiger partial charge in [0.2, 0.25) is 5.76 Å². The van der Waals surface area contributed by atoms with E-state index >= 15 is 0 Å². The second-order valence-electron chi connectivity index (χ2n) is 6.86. The minimum Gasteiger partial charge on any atom is -0.373 e. The van der Waals surface area contributed by atoms with Crippen LogP contribution in [0.4, 0.5) is 0 Å². The molecule has 2 aliphatic rings. The Morgan fingerprint density at radius 1 is 1.40 bits per heavy atom. The number of nitrogens with zero attached hydrogens (tertiary/aromatic N) is 4. The Morgan fingerprint density at radius 2 is 2.24 bits per heavy atom. The van der Waals surface area contributed by atoms with Crippen LogP contribution in [0.2, 0.25) is 0 Å². The molecule has 134 valence electrons. The SMILES string of the molecule is CN1CCO[C@@H](CNC(=O)c2cc(C3CC3)no2)[C@@H]1c1cncn1C. The van der Waals surface area contributed by atoms with Crippen molar-refractivity contribution in [2.24, 2.45) is 7.05 Å². The number of carbonyl (C=O) groups is 1. The minimum atomic E-state index is -0.250. The lowest BCUT2D eigenvalue weighted by atomic mass is 10.0. The van der Waals surface area contributed by atoms with Crippen molar-refractivity contribution in [1.82, 2.24) is 24.9 Å². The summed E-state index contributed by atoms with van der Waals surface area (Å²) in [7, 11) is 4.03. The third kappa shape index (κ3) is 3.32. The second kappa shape index (κ2) is 6.61. The van der Waals surface area contributed by atoms with Crippen LogP contribution in [0.5, 0.6) is 0 Å². The summed E-state index contributed by atoms with van der Waals surface area (Å²) in [6.07, 6.45) is 5.73. The molecule has 1 saturated carbocycles. The van der Waals surface area contributed by atoms with Crippen LogP contribution in [0, 0.1) is 0 Å². The Kier molecular flexibility index (Phi) is 4.30. The first-order valence-electron chi connectivity index (χ1n) is 8.66. The van der Waals surface area contributed by atoms with E-state index in [1.165, 1.54) is 0 Å². The van der Waals surface area contributed by atoms with Gasteiger partial charge in [-0.05, 0) is 19.9 Å². The average molecular weight is 345 g/mol. The summed E-state index contributed by atoms with van der Waals surface area (Å²) in [6, 6.07) is 1.79. The van der Waals surface area contributed by atoms with Crippen molar-refractivity contribution >= 4 is 5.91 Å². The quantitative estimate of drug-likeness (QED) is 0.873. The van der Waals surface area contributed by atoms with Gasteiger partial charge in [-0.3, -0.25) is 9.69 Å². The topological polar surface area (TPSA) is 85.4 Å². The van der Waals surface area contributed by atoms with Crippen LogP contribution in [0.3, 0.4) is 0 Å². The Morgan fingerprint density at radius 3 is 2.96 bits per heavy atom. The van der Waals surface area contributed by atoms with Crippen LogP contribution in [-0.2, 0) is 11.8 Å². The van der Waals surface area contributed by atoms with Gasteiger partial charge in [0.05, 0.1) is 36.5 Å². The van der Waals surface area contributed by atoms with Crippen LogP contribution in [0.1, 0.15) is 46.7 Å². The van der Waals surface area contributed by atoms with E-state index < -0.39 is 0 Å². The molecule has 0 spiro atoms. The van der Waals surface area contributed by atoms with E-state index in [9.17, 15) is 4.79 Å². The van der Waals surface area contributed by atoms with E-state index in [2.05, 4.69) is 27.4 Å². The van der Waals surface area contributed by atoms with Crippen molar-refractivity contribution in [3.8, 4) is 0 Å². The molecule has 0 radical (unpaired) electrons. The summed E-state index contributed by atoms with van der Waals surface area (Å²) in [5.41, 5.74) is 1.95. The van der Waals surface area contributed by atoms with E-state index in [1.54, 1.807) is 12.4 Å². The maximum Gasteiger partial charge on any atom is 0.289 e. The molecule has 1 saturated heterocycles. The molecule has 2 aromatic rings. The largest absolute Gasteiger partial charge is 0.373 e. The van der Waals surface area contributed by atoms with Crippen molar-refractivity contribution in [2.75, 3.05) is 26.7 Å². The number of rotatable bonds is 5. The number of carbonyl (C=O) groups excluding carboxylic acids is 1. The van der Waals surface area contributed by atoms with Gasteiger partial charge < -0.3 is 19.1 Å². The highest BCUT2D eigenvalue weighted by molar-refractivity contribution is 5.91. The van der Waals surface area contributed by atoms with Crippen LogP contribution in [0.25, 0.3) is 0 Å². The Balaban J connectivity index is 1.42. The molecule has 1 aliphatic heterocycles. The summed E-state index contributed by atoms with van der Waals surface area (Å²) < 4.78 is 13.1. The van der Waals surface area contributed by atoms with Crippen molar-refractivity contribution in [2.45, 2.75) is 30.9 Å². The minimum absolute atomic E-state index is 0.0401. The van der Waals surface area contributed by atoms with Gasteiger partial charge in [0.25, 0.3) is 5.91 Å². The molecule has 2 atom stereocenters. The fourth-order valence-corrected chi connectivity index (χ4v) is 3.35. The second-order valence-corrected chi connectivity index (χ2v) is 6.86. The van der Waals surface area contributed by atoms with Crippen molar-refractivity contribution < 1.29 is 14.1 Å². The molecule has 1 amide bonds. The number of imidazole rings is 1. The molecule has 25 heavy (non-hydrogen) atoms. The zero-order valence-corrected chi connectivity index (χ0v) is 14.5. The summed E-state index contributed by atoms with van der Waals surface area (Å²) >= 11 is 0. The number of amides is 1. The monoisotopic (exact) mass is 345 g/mol. The average Bonchev–Trinajstić information content (AvgIpc) is 3.18. The molecule has 0 unspecified atom stereocenters. The lowest BCUT2D eigenvalue weighted by molar-refractivity contribution is -0.0627. The first-order chi connectivity index (χ1) is 12.1. The van der Waals surface area contributed by atoms with Gasteiger partial charge in [0.15, 0.2) is 0 Å². The van der Waals surface area contributed by atoms with Gasteiger partial charge in [-0.15, -0.1) is 0 Å². The zero-order valence-electron chi connectivity index (χ0n) is 14.5. The Labute approximate surface area is 146 Å². The molecule has 1 N–H and O–H groups in total. The molecule has 8 nitrogen and oxygen atoms in total. The molecule has 8 heteroatoms. The predicted molar refractivity (Wildman–Crippen MR) is 89.1 cm³/mol. The number of likely N-dealkylation sites (N-methyl/N-ethyl adjacent to an activating group) is 1. The molecule has 0 bridgehead atoms. The molecule has 0 aromatic carbocycles. The van der Waals surface area contributed by atoms with E-state index in [0.717, 1.165) is 30.8 Å². The first-order valence-corrected chi connectivity index (χ1v) is 8.66. The summed E-state index contributed by atoms with van der Waals surface area (Å²) in [5.74, 6) is 0.484. The van der Waals surface area contributed by atoms with Crippen molar-refractivity contribution in [1.29, 1.82) is 0 Å². The van der Waals surface area contributed by atoms with Crippen molar-refractivity contribution in [3.63, 3.8) is 0 Å². The van der Waals surface area contributed by atoms with Crippen LogP contribution < -0.4 is 5.32 Å². The number of aromatic nitrogens is 3. The predicted octanol–water partition coefficient (Wildman–Crippen LogP) is 1.09. The Hall–Kier alpha value is -2.19. The standard InChI is InChI=1S/C17H23N5O3/c1-21-5-6-24-15(16(21)13-8-18-10-22(13)2)9-19-17(23)14-7-12(20-25-14)11-3-4-11/h7-8,10-11,15-16H,3-6,9H2,1-2H3,(H,19,23)/t15-,16-/m0/s1. The molecular formula is C17H23N5O3. The van der Waals surface area contributed by atoms with Gasteiger partial charge in [-0.25, -0.2) is 4.98 Å². The van der Waals surface area contributed by atoms with E-state index in [1.807, 2.05) is 17.8 Å². The van der Waals surface area contributed by atoms with E-state index in [0.29, 0.717) is 19.1 Å². The van der Waals surface area contributed by atoms with Gasteiger partial charge in [-0.1, -0.05) is 5.16 Å². The lowest BCUT2D eigenvalue weighted by Crippen LogP contribution is -2.48. The number of hydrogen-bond acceptors (Lipinski definition) is 6. The molecule has 1 aliphatic carbocycles. The Bertz CT molecular complexity index is 751.